The van der Waals surface area contributed by atoms with E-state index in [1.54, 1.807) is 0 Å². The second kappa shape index (κ2) is 8.93. The zero-order chi connectivity index (χ0) is 12.5. The largest absolute Gasteiger partial charge is 0.320 e. The molecule has 0 saturated heterocycles. The lowest BCUT2D eigenvalue weighted by molar-refractivity contribution is 0.242. The fourth-order valence-electron chi connectivity index (χ4n) is 2.31. The molecule has 2 heteroatoms. The molecule has 0 aromatic rings. The predicted octanol–water partition coefficient (Wildman–Crippen LogP) is 3.28. The van der Waals surface area contributed by atoms with Gasteiger partial charge >= 0.3 is 0 Å². The number of nitrogens with one attached hydrogen (secondary N) is 1. The summed E-state index contributed by atoms with van der Waals surface area (Å²) in [5, 5.41) is 3.22. The number of nitrogens with zero attached hydrogens (tertiary/aromatic N) is 1. The predicted molar refractivity (Wildman–Crippen MR) is 76.4 cm³/mol. The average molecular weight is 240 g/mol. The molecule has 1 rings (SSSR count). The van der Waals surface area contributed by atoms with Crippen molar-refractivity contribution in [2.75, 3.05) is 26.7 Å². The van der Waals surface area contributed by atoms with Crippen molar-refractivity contribution in [3.8, 4) is 0 Å². The Morgan fingerprint density at radius 1 is 1.06 bits per heavy atom. The number of hydrogen-bond donors (Lipinski definition) is 1. The van der Waals surface area contributed by atoms with Gasteiger partial charge in [0.2, 0.25) is 0 Å². The third kappa shape index (κ3) is 7.77. The Bertz CT molecular complexity index is 176. The molecular weight excluding hydrogens is 208 g/mol. The van der Waals surface area contributed by atoms with Gasteiger partial charge in [-0.15, -0.1) is 0 Å². The van der Waals surface area contributed by atoms with Crippen LogP contribution in [0.4, 0.5) is 0 Å². The van der Waals surface area contributed by atoms with Gasteiger partial charge in [-0.05, 0) is 64.7 Å². The monoisotopic (exact) mass is 240 g/mol. The molecule has 0 unspecified atom stereocenters. The highest BCUT2D eigenvalue weighted by molar-refractivity contribution is 4.84. The van der Waals surface area contributed by atoms with Gasteiger partial charge in [0, 0.05) is 6.04 Å². The highest BCUT2D eigenvalue weighted by atomic mass is 15.2. The van der Waals surface area contributed by atoms with Crippen LogP contribution in [0.1, 0.15) is 58.8 Å². The van der Waals surface area contributed by atoms with Crippen LogP contribution in [-0.2, 0) is 0 Å². The minimum atomic E-state index is 0.854. The molecule has 1 aliphatic carbocycles. The summed E-state index contributed by atoms with van der Waals surface area (Å²) in [5.41, 5.74) is 0. The van der Waals surface area contributed by atoms with E-state index >= 15 is 0 Å². The molecule has 0 aliphatic heterocycles. The first-order chi connectivity index (χ1) is 8.24. The van der Waals surface area contributed by atoms with Crippen molar-refractivity contribution < 1.29 is 0 Å². The van der Waals surface area contributed by atoms with E-state index in [1.165, 1.54) is 64.6 Å². The lowest BCUT2D eigenvalue weighted by atomic mass is 10.1. The van der Waals surface area contributed by atoms with Crippen LogP contribution in [0.2, 0.25) is 0 Å². The van der Waals surface area contributed by atoms with E-state index in [4.69, 9.17) is 0 Å². The van der Waals surface area contributed by atoms with Gasteiger partial charge in [-0.2, -0.15) is 0 Å². The molecule has 1 aliphatic rings. The highest BCUT2D eigenvalue weighted by Crippen LogP contribution is 2.27. The van der Waals surface area contributed by atoms with Crippen molar-refractivity contribution >= 4 is 0 Å². The molecule has 0 heterocycles. The summed E-state index contributed by atoms with van der Waals surface area (Å²) in [4.78, 5) is 2.75. The zero-order valence-corrected chi connectivity index (χ0v) is 12.2. The molecule has 102 valence electrons. The van der Waals surface area contributed by atoms with Crippen LogP contribution in [0, 0.1) is 5.92 Å². The molecule has 0 aromatic heterocycles. The first-order valence-electron chi connectivity index (χ1n) is 7.62. The summed E-state index contributed by atoms with van der Waals surface area (Å²) in [6, 6.07) is 0.950. The van der Waals surface area contributed by atoms with Gasteiger partial charge in [-0.3, -0.25) is 0 Å². The van der Waals surface area contributed by atoms with E-state index in [-0.39, 0.29) is 0 Å². The minimum Gasteiger partial charge on any atom is -0.320 e. The average Bonchev–Trinajstić information content (AvgIpc) is 3.11. The summed E-state index contributed by atoms with van der Waals surface area (Å²) in [5.74, 6) is 0.854. The molecule has 1 N–H and O–H groups in total. The van der Waals surface area contributed by atoms with E-state index in [2.05, 4.69) is 24.1 Å². The lowest BCUT2D eigenvalue weighted by Crippen LogP contribution is -2.29. The molecule has 0 atom stereocenters. The van der Waals surface area contributed by atoms with Crippen molar-refractivity contribution in [2.24, 2.45) is 5.92 Å². The van der Waals surface area contributed by atoms with Crippen molar-refractivity contribution in [2.45, 2.75) is 64.8 Å². The standard InChI is InChI=1S/C15H32N2/c1-14(2)10-13-17(15-8-9-15)12-7-5-4-6-11-16-3/h14-16H,4-13H2,1-3H3. The van der Waals surface area contributed by atoms with Gasteiger partial charge in [0.1, 0.15) is 0 Å². The lowest BCUT2D eigenvalue weighted by Gasteiger charge is -2.22. The molecule has 1 fully saturated rings. The Balaban J connectivity index is 2.00. The summed E-state index contributed by atoms with van der Waals surface area (Å²) in [6.45, 7) is 8.53. The third-order valence-corrected chi connectivity index (χ3v) is 3.68. The topological polar surface area (TPSA) is 15.3 Å². The maximum Gasteiger partial charge on any atom is 0.00964 e. The van der Waals surface area contributed by atoms with E-state index in [0.717, 1.165) is 12.0 Å². The fraction of sp³-hybridized carbons (Fsp3) is 1.00. The molecule has 0 aromatic carbocycles. The van der Waals surface area contributed by atoms with Crippen molar-refractivity contribution in [3.63, 3.8) is 0 Å². The van der Waals surface area contributed by atoms with E-state index in [0.29, 0.717) is 0 Å². The molecule has 17 heavy (non-hydrogen) atoms. The smallest absolute Gasteiger partial charge is 0.00964 e. The maximum atomic E-state index is 3.22. The van der Waals surface area contributed by atoms with E-state index in [1.807, 2.05) is 7.05 Å². The molecule has 1 saturated carbocycles. The second-order valence-electron chi connectivity index (χ2n) is 5.97. The van der Waals surface area contributed by atoms with Crippen molar-refractivity contribution in [1.29, 1.82) is 0 Å². The molecule has 0 radical (unpaired) electrons. The Labute approximate surface area is 108 Å². The van der Waals surface area contributed by atoms with Crippen molar-refractivity contribution in [3.05, 3.63) is 0 Å². The Hall–Kier alpha value is -0.0800. The number of unbranched alkanes of at least 4 members (excludes halogenated alkanes) is 3. The van der Waals surface area contributed by atoms with E-state index in [9.17, 15) is 0 Å². The molecule has 2 nitrogen and oxygen atoms in total. The van der Waals surface area contributed by atoms with Gasteiger partial charge in [0.15, 0.2) is 0 Å². The molecule has 0 spiro atoms. The summed E-state index contributed by atoms with van der Waals surface area (Å²) in [7, 11) is 2.04. The molecule has 0 amide bonds. The van der Waals surface area contributed by atoms with Crippen LogP contribution >= 0.6 is 0 Å². The summed E-state index contributed by atoms with van der Waals surface area (Å²) in [6.07, 6.45) is 9.83. The number of hydrogen-bond acceptors (Lipinski definition) is 2. The van der Waals surface area contributed by atoms with Crippen LogP contribution < -0.4 is 5.32 Å². The molecule has 0 bridgehead atoms. The van der Waals surface area contributed by atoms with Gasteiger partial charge in [0.05, 0.1) is 0 Å². The molecular formula is C15H32N2. The summed E-state index contributed by atoms with van der Waals surface area (Å²) < 4.78 is 0. The van der Waals surface area contributed by atoms with Crippen LogP contribution in [-0.4, -0.2) is 37.6 Å². The van der Waals surface area contributed by atoms with Crippen LogP contribution in [0.3, 0.4) is 0 Å². The third-order valence-electron chi connectivity index (χ3n) is 3.68. The first kappa shape index (κ1) is 15.0. The van der Waals surface area contributed by atoms with Crippen LogP contribution in [0.15, 0.2) is 0 Å². The first-order valence-corrected chi connectivity index (χ1v) is 7.62. The Kier molecular flexibility index (Phi) is 7.87. The fourth-order valence-corrected chi connectivity index (χ4v) is 2.31. The van der Waals surface area contributed by atoms with Crippen LogP contribution in [0.5, 0.6) is 0 Å². The van der Waals surface area contributed by atoms with Gasteiger partial charge in [-0.25, -0.2) is 0 Å². The van der Waals surface area contributed by atoms with Gasteiger partial charge < -0.3 is 10.2 Å². The van der Waals surface area contributed by atoms with Crippen LogP contribution in [0.25, 0.3) is 0 Å². The highest BCUT2D eigenvalue weighted by Gasteiger charge is 2.27. The van der Waals surface area contributed by atoms with E-state index < -0.39 is 0 Å². The SMILES string of the molecule is CNCCCCCCN(CCC(C)C)C1CC1. The van der Waals surface area contributed by atoms with Gasteiger partial charge in [-0.1, -0.05) is 26.7 Å². The maximum absolute atomic E-state index is 3.22. The summed E-state index contributed by atoms with van der Waals surface area (Å²) >= 11 is 0. The second-order valence-corrected chi connectivity index (χ2v) is 5.97. The van der Waals surface area contributed by atoms with Gasteiger partial charge in [0.25, 0.3) is 0 Å². The quantitative estimate of drug-likeness (QED) is 0.558. The minimum absolute atomic E-state index is 0.854. The normalized spacial score (nSPS) is 16.1. The Morgan fingerprint density at radius 2 is 1.76 bits per heavy atom. The Morgan fingerprint density at radius 3 is 2.35 bits per heavy atom. The number of rotatable bonds is 11. The zero-order valence-electron chi connectivity index (χ0n) is 12.2. The van der Waals surface area contributed by atoms with Crippen molar-refractivity contribution in [1.82, 2.24) is 10.2 Å².